The van der Waals surface area contributed by atoms with Crippen LogP contribution in [-0.2, 0) is 0 Å². The first-order chi connectivity index (χ1) is 11.8. The molecule has 0 atom stereocenters. The molecule has 4 aromatic rings. The van der Waals surface area contributed by atoms with E-state index < -0.39 is 0 Å². The van der Waals surface area contributed by atoms with Crippen molar-refractivity contribution < 1.29 is 0 Å². The SMILES string of the molecule is O=c1c(-c2cccnc2)c[nH]nc1-c1ccnn1-c1ccccn1. The maximum Gasteiger partial charge on any atom is 0.217 e. The van der Waals surface area contributed by atoms with Gasteiger partial charge in [-0.05, 0) is 24.3 Å². The van der Waals surface area contributed by atoms with Crippen LogP contribution >= 0.6 is 0 Å². The Kier molecular flexibility index (Phi) is 3.43. The molecule has 1 N–H and O–H groups in total. The van der Waals surface area contributed by atoms with Crippen LogP contribution in [0.25, 0.3) is 28.3 Å². The third-order valence-corrected chi connectivity index (χ3v) is 3.57. The Balaban J connectivity index is 1.88. The molecule has 0 radical (unpaired) electrons. The maximum atomic E-state index is 12.9. The fourth-order valence-electron chi connectivity index (χ4n) is 2.46. The lowest BCUT2D eigenvalue weighted by atomic mass is 10.1. The smallest absolute Gasteiger partial charge is 0.217 e. The Hall–Kier alpha value is -3.61. The molecule has 0 saturated heterocycles. The molecule has 4 rings (SSSR count). The molecule has 0 aromatic carbocycles. The third kappa shape index (κ3) is 2.38. The summed E-state index contributed by atoms with van der Waals surface area (Å²) in [6.07, 6.45) is 8.16. The highest BCUT2D eigenvalue weighted by Gasteiger charge is 2.16. The molecule has 0 fully saturated rings. The van der Waals surface area contributed by atoms with E-state index in [4.69, 9.17) is 0 Å². The predicted octanol–water partition coefficient (Wildman–Crippen LogP) is 2.08. The largest absolute Gasteiger partial charge is 0.287 e. The van der Waals surface area contributed by atoms with Gasteiger partial charge in [0, 0.05) is 30.4 Å². The van der Waals surface area contributed by atoms with E-state index in [0.29, 0.717) is 17.1 Å². The van der Waals surface area contributed by atoms with Crippen molar-refractivity contribution in [3.8, 4) is 28.3 Å². The van der Waals surface area contributed by atoms with Crippen molar-refractivity contribution >= 4 is 0 Å². The van der Waals surface area contributed by atoms with Crippen LogP contribution in [0.1, 0.15) is 0 Å². The standard InChI is InChI=1S/C17H12N6O/c24-17-13(12-4-3-7-18-10-12)11-20-22-16(17)14-6-9-21-23(14)15-5-1-2-8-19-15/h1-11H,(H,20,24). The van der Waals surface area contributed by atoms with Crippen LogP contribution in [0.2, 0.25) is 0 Å². The number of aromatic amines is 1. The summed E-state index contributed by atoms with van der Waals surface area (Å²) in [6.45, 7) is 0. The lowest BCUT2D eigenvalue weighted by molar-refractivity contribution is 0.845. The summed E-state index contributed by atoms with van der Waals surface area (Å²) in [5.41, 5.74) is 1.88. The van der Waals surface area contributed by atoms with Gasteiger partial charge in [-0.1, -0.05) is 12.1 Å². The fraction of sp³-hybridized carbons (Fsp3) is 0. The van der Waals surface area contributed by atoms with E-state index in [2.05, 4.69) is 25.3 Å². The highest BCUT2D eigenvalue weighted by atomic mass is 16.1. The van der Waals surface area contributed by atoms with Gasteiger partial charge < -0.3 is 0 Å². The molecule has 116 valence electrons. The molecular weight excluding hydrogens is 304 g/mol. The van der Waals surface area contributed by atoms with E-state index in [1.54, 1.807) is 47.8 Å². The summed E-state index contributed by atoms with van der Waals surface area (Å²) >= 11 is 0. The molecule has 0 aliphatic carbocycles. The van der Waals surface area contributed by atoms with E-state index in [0.717, 1.165) is 5.56 Å². The number of H-pyrrole nitrogens is 1. The second-order valence-electron chi connectivity index (χ2n) is 5.03. The minimum absolute atomic E-state index is 0.195. The van der Waals surface area contributed by atoms with Gasteiger partial charge >= 0.3 is 0 Å². The van der Waals surface area contributed by atoms with Crippen LogP contribution in [0.3, 0.4) is 0 Å². The lowest BCUT2D eigenvalue weighted by Gasteiger charge is -2.06. The summed E-state index contributed by atoms with van der Waals surface area (Å²) in [7, 11) is 0. The molecule has 4 heterocycles. The third-order valence-electron chi connectivity index (χ3n) is 3.57. The highest BCUT2D eigenvalue weighted by molar-refractivity contribution is 5.67. The van der Waals surface area contributed by atoms with E-state index in [-0.39, 0.29) is 11.1 Å². The molecule has 0 aliphatic heterocycles. The molecule has 0 unspecified atom stereocenters. The lowest BCUT2D eigenvalue weighted by Crippen LogP contribution is -2.14. The van der Waals surface area contributed by atoms with Gasteiger partial charge in [0.25, 0.3) is 0 Å². The average Bonchev–Trinajstić information content (AvgIpc) is 3.13. The molecule has 0 bridgehead atoms. The maximum absolute atomic E-state index is 12.9. The molecule has 0 amide bonds. The molecule has 24 heavy (non-hydrogen) atoms. The van der Waals surface area contributed by atoms with Gasteiger partial charge in [-0.25, -0.2) is 9.67 Å². The van der Waals surface area contributed by atoms with Gasteiger partial charge in [0.2, 0.25) is 5.43 Å². The normalized spacial score (nSPS) is 10.7. The van der Waals surface area contributed by atoms with Gasteiger partial charge in [-0.15, -0.1) is 0 Å². The van der Waals surface area contributed by atoms with E-state index in [1.807, 2.05) is 24.3 Å². The highest BCUT2D eigenvalue weighted by Crippen LogP contribution is 2.19. The van der Waals surface area contributed by atoms with Crippen LogP contribution in [0.4, 0.5) is 0 Å². The van der Waals surface area contributed by atoms with Crippen molar-refractivity contribution in [2.24, 2.45) is 0 Å². The summed E-state index contributed by atoms with van der Waals surface area (Å²) in [5.74, 6) is 0.616. The molecule has 0 spiro atoms. The fourth-order valence-corrected chi connectivity index (χ4v) is 2.46. The first kappa shape index (κ1) is 14.0. The quantitative estimate of drug-likeness (QED) is 0.625. The topological polar surface area (TPSA) is 89.4 Å². The van der Waals surface area contributed by atoms with Gasteiger partial charge in [0.1, 0.15) is 5.69 Å². The Morgan fingerprint density at radius 3 is 2.75 bits per heavy atom. The van der Waals surface area contributed by atoms with Crippen molar-refractivity contribution in [3.63, 3.8) is 0 Å². The van der Waals surface area contributed by atoms with Gasteiger partial charge in [0.05, 0.1) is 11.8 Å². The zero-order valence-corrected chi connectivity index (χ0v) is 12.5. The zero-order valence-electron chi connectivity index (χ0n) is 12.5. The van der Waals surface area contributed by atoms with Crippen LogP contribution in [0.5, 0.6) is 0 Å². The first-order valence-corrected chi connectivity index (χ1v) is 7.29. The Morgan fingerprint density at radius 1 is 1.00 bits per heavy atom. The molecule has 7 nitrogen and oxygen atoms in total. The second-order valence-corrected chi connectivity index (χ2v) is 5.03. The average molecular weight is 316 g/mol. The van der Waals surface area contributed by atoms with Crippen LogP contribution in [0, 0.1) is 0 Å². The summed E-state index contributed by atoms with van der Waals surface area (Å²) in [6, 6.07) is 10.8. The summed E-state index contributed by atoms with van der Waals surface area (Å²) in [4.78, 5) is 21.2. The van der Waals surface area contributed by atoms with E-state index >= 15 is 0 Å². The van der Waals surface area contributed by atoms with Gasteiger partial charge in [-0.3, -0.25) is 14.9 Å². The number of nitrogens with one attached hydrogen (secondary N) is 1. The van der Waals surface area contributed by atoms with Crippen molar-refractivity contribution in [2.75, 3.05) is 0 Å². The van der Waals surface area contributed by atoms with Crippen molar-refractivity contribution in [1.29, 1.82) is 0 Å². The van der Waals surface area contributed by atoms with Gasteiger partial charge in [0.15, 0.2) is 11.5 Å². The first-order valence-electron chi connectivity index (χ1n) is 7.29. The van der Waals surface area contributed by atoms with Gasteiger partial charge in [-0.2, -0.15) is 10.2 Å². The van der Waals surface area contributed by atoms with Crippen molar-refractivity contribution in [2.45, 2.75) is 0 Å². The predicted molar refractivity (Wildman–Crippen MR) is 88.4 cm³/mol. The van der Waals surface area contributed by atoms with Crippen LogP contribution in [-0.4, -0.2) is 29.9 Å². The number of rotatable bonds is 3. The zero-order chi connectivity index (χ0) is 16.4. The van der Waals surface area contributed by atoms with Crippen LogP contribution in [0.15, 0.2) is 72.2 Å². The summed E-state index contributed by atoms with van der Waals surface area (Å²) < 4.78 is 1.59. The molecule has 4 aromatic heterocycles. The number of hydrogen-bond acceptors (Lipinski definition) is 5. The summed E-state index contributed by atoms with van der Waals surface area (Å²) in [5, 5.41) is 11.2. The number of aromatic nitrogens is 6. The molecular formula is C17H12N6O. The minimum Gasteiger partial charge on any atom is -0.287 e. The number of hydrogen-bond donors (Lipinski definition) is 1. The number of nitrogens with zero attached hydrogens (tertiary/aromatic N) is 5. The van der Waals surface area contributed by atoms with Crippen molar-refractivity contribution in [3.05, 3.63) is 77.6 Å². The monoisotopic (exact) mass is 316 g/mol. The molecule has 0 saturated carbocycles. The van der Waals surface area contributed by atoms with E-state index in [9.17, 15) is 4.79 Å². The second kappa shape index (κ2) is 5.88. The molecule has 7 heteroatoms. The Labute approximate surface area is 136 Å². The molecule has 0 aliphatic rings. The Bertz CT molecular complexity index is 1020. The van der Waals surface area contributed by atoms with Crippen LogP contribution < -0.4 is 5.43 Å². The van der Waals surface area contributed by atoms with Crippen molar-refractivity contribution in [1.82, 2.24) is 29.9 Å². The minimum atomic E-state index is -0.195. The number of pyridine rings is 2. The Morgan fingerprint density at radius 2 is 1.96 bits per heavy atom. The van der Waals surface area contributed by atoms with E-state index in [1.165, 1.54) is 0 Å².